The summed E-state index contributed by atoms with van der Waals surface area (Å²) in [5.74, 6) is 0.563. The molecule has 19 heavy (non-hydrogen) atoms. The number of aromatic nitrogens is 4. The van der Waals surface area contributed by atoms with E-state index in [0.29, 0.717) is 11.3 Å². The molecule has 1 saturated heterocycles. The molecule has 0 aliphatic carbocycles. The molecule has 0 saturated carbocycles. The second-order valence-corrected chi connectivity index (χ2v) is 4.40. The molecule has 0 unspecified atom stereocenters. The van der Waals surface area contributed by atoms with E-state index in [0.717, 1.165) is 31.7 Å². The summed E-state index contributed by atoms with van der Waals surface area (Å²) >= 11 is 0. The Morgan fingerprint density at radius 1 is 1.32 bits per heavy atom. The van der Waals surface area contributed by atoms with E-state index < -0.39 is 0 Å². The molecule has 7 heteroatoms. The van der Waals surface area contributed by atoms with Gasteiger partial charge in [0.15, 0.2) is 5.82 Å². The van der Waals surface area contributed by atoms with Crippen LogP contribution < -0.4 is 10.2 Å². The molecule has 2 N–H and O–H groups in total. The van der Waals surface area contributed by atoms with Crippen LogP contribution in [0.5, 0.6) is 0 Å². The van der Waals surface area contributed by atoms with Crippen LogP contribution in [0.1, 0.15) is 23.2 Å². The smallest absolute Gasteiger partial charge is 0.258 e. The first-order valence-corrected chi connectivity index (χ1v) is 6.19. The van der Waals surface area contributed by atoms with E-state index in [9.17, 15) is 4.79 Å². The minimum Gasteiger partial charge on any atom is -0.355 e. The van der Waals surface area contributed by atoms with Gasteiger partial charge in [-0.2, -0.15) is 5.10 Å². The van der Waals surface area contributed by atoms with Gasteiger partial charge in [0.2, 0.25) is 0 Å². The molecular weight excluding hydrogens is 244 g/mol. The monoisotopic (exact) mass is 258 g/mol. The predicted octanol–water partition coefficient (Wildman–Crippen LogP) is 1.05. The average Bonchev–Trinajstić information content (AvgIpc) is 3.13. The zero-order valence-electron chi connectivity index (χ0n) is 10.3. The maximum Gasteiger partial charge on any atom is 0.258 e. The Morgan fingerprint density at radius 2 is 2.16 bits per heavy atom. The maximum atomic E-state index is 12.0. The molecule has 98 valence electrons. The molecule has 0 spiro atoms. The van der Waals surface area contributed by atoms with Crippen LogP contribution in [0.25, 0.3) is 0 Å². The van der Waals surface area contributed by atoms with Crippen LogP contribution in [0.2, 0.25) is 0 Å². The maximum absolute atomic E-state index is 12.0. The number of rotatable bonds is 3. The Hall–Kier alpha value is -2.44. The molecule has 1 aliphatic heterocycles. The molecule has 1 aliphatic rings. The van der Waals surface area contributed by atoms with Gasteiger partial charge < -0.3 is 10.2 Å². The molecule has 0 radical (unpaired) electrons. The lowest BCUT2D eigenvalue weighted by Crippen LogP contribution is -2.22. The molecule has 0 atom stereocenters. The molecule has 2 aromatic heterocycles. The van der Waals surface area contributed by atoms with Gasteiger partial charge in [-0.15, -0.1) is 0 Å². The van der Waals surface area contributed by atoms with Crippen molar-refractivity contribution < 1.29 is 4.79 Å². The molecule has 0 bridgehead atoms. The normalized spacial score (nSPS) is 14.6. The van der Waals surface area contributed by atoms with Gasteiger partial charge in [0.1, 0.15) is 12.0 Å². The minimum absolute atomic E-state index is 0.219. The first-order chi connectivity index (χ1) is 9.34. The van der Waals surface area contributed by atoms with Crippen molar-refractivity contribution in [3.63, 3.8) is 0 Å². The van der Waals surface area contributed by atoms with Crippen molar-refractivity contribution in [2.24, 2.45) is 0 Å². The van der Waals surface area contributed by atoms with E-state index in [1.165, 1.54) is 12.5 Å². The van der Waals surface area contributed by atoms with Crippen LogP contribution >= 0.6 is 0 Å². The third-order valence-electron chi connectivity index (χ3n) is 3.11. The third-order valence-corrected chi connectivity index (χ3v) is 3.11. The highest BCUT2D eigenvalue weighted by Gasteiger charge is 2.18. The van der Waals surface area contributed by atoms with Crippen molar-refractivity contribution in [2.45, 2.75) is 12.8 Å². The van der Waals surface area contributed by atoms with Crippen molar-refractivity contribution in [1.29, 1.82) is 0 Å². The van der Waals surface area contributed by atoms with Crippen LogP contribution in [-0.2, 0) is 0 Å². The number of aromatic amines is 1. The van der Waals surface area contributed by atoms with Gasteiger partial charge in [0, 0.05) is 19.3 Å². The zero-order chi connectivity index (χ0) is 13.1. The van der Waals surface area contributed by atoms with Crippen LogP contribution in [0, 0.1) is 0 Å². The van der Waals surface area contributed by atoms with Gasteiger partial charge in [-0.3, -0.25) is 9.89 Å². The Labute approximate surface area is 110 Å². The summed E-state index contributed by atoms with van der Waals surface area (Å²) in [7, 11) is 0. The first kappa shape index (κ1) is 11.6. The molecule has 2 aromatic rings. The summed E-state index contributed by atoms with van der Waals surface area (Å²) in [6.07, 6.45) is 8.46. The van der Waals surface area contributed by atoms with Crippen LogP contribution in [0.15, 0.2) is 24.9 Å². The number of hydrogen-bond acceptors (Lipinski definition) is 5. The summed E-state index contributed by atoms with van der Waals surface area (Å²) in [4.78, 5) is 22.4. The third kappa shape index (κ3) is 2.40. The number of carbonyl (C=O) groups is 1. The number of amides is 1. The number of nitrogens with zero attached hydrogens (tertiary/aromatic N) is 4. The van der Waals surface area contributed by atoms with Gasteiger partial charge in [-0.05, 0) is 12.8 Å². The van der Waals surface area contributed by atoms with Crippen LogP contribution in [-0.4, -0.2) is 39.2 Å². The Morgan fingerprint density at radius 3 is 2.89 bits per heavy atom. The largest absolute Gasteiger partial charge is 0.355 e. The highest BCUT2D eigenvalue weighted by atomic mass is 16.1. The van der Waals surface area contributed by atoms with Crippen molar-refractivity contribution in [2.75, 3.05) is 23.3 Å². The summed E-state index contributed by atoms with van der Waals surface area (Å²) < 4.78 is 0. The molecule has 3 rings (SSSR count). The summed E-state index contributed by atoms with van der Waals surface area (Å²) in [6, 6.07) is 0. The average molecular weight is 258 g/mol. The zero-order valence-corrected chi connectivity index (χ0v) is 10.3. The number of hydrogen-bond donors (Lipinski definition) is 2. The molecule has 0 aromatic carbocycles. The van der Waals surface area contributed by atoms with E-state index in [1.807, 2.05) is 0 Å². The van der Waals surface area contributed by atoms with Gasteiger partial charge >= 0.3 is 0 Å². The molecule has 1 fully saturated rings. The molecule has 3 heterocycles. The topological polar surface area (TPSA) is 86.8 Å². The summed E-state index contributed by atoms with van der Waals surface area (Å²) in [6.45, 7) is 1.93. The van der Waals surface area contributed by atoms with Gasteiger partial charge in [0.25, 0.3) is 5.91 Å². The number of carbonyl (C=O) groups excluding carboxylic acids is 1. The number of anilines is 2. The molecular formula is C12H14N6O. The van der Waals surface area contributed by atoms with Crippen molar-refractivity contribution >= 4 is 17.4 Å². The Bertz CT molecular complexity index is 561. The lowest BCUT2D eigenvalue weighted by molar-refractivity contribution is 0.102. The fourth-order valence-corrected chi connectivity index (χ4v) is 2.16. The quantitative estimate of drug-likeness (QED) is 0.859. The lowest BCUT2D eigenvalue weighted by atomic mass is 10.3. The fourth-order valence-electron chi connectivity index (χ4n) is 2.16. The van der Waals surface area contributed by atoms with E-state index in [4.69, 9.17) is 0 Å². The van der Waals surface area contributed by atoms with E-state index >= 15 is 0 Å². The first-order valence-electron chi connectivity index (χ1n) is 6.19. The van der Waals surface area contributed by atoms with Gasteiger partial charge in [-0.1, -0.05) is 0 Å². The fraction of sp³-hybridized carbons (Fsp3) is 0.333. The summed E-state index contributed by atoms with van der Waals surface area (Å²) in [5, 5.41) is 9.20. The highest BCUT2D eigenvalue weighted by Crippen LogP contribution is 2.25. The standard InChI is InChI=1S/C12H14N6O/c19-12(9-5-15-16-6-9)17-10-7-13-8-14-11(10)18-3-1-2-4-18/h5-8H,1-4H2,(H,15,16)(H,17,19). The molecule has 7 nitrogen and oxygen atoms in total. The molecule has 1 amide bonds. The predicted molar refractivity (Wildman–Crippen MR) is 70.0 cm³/mol. The minimum atomic E-state index is -0.219. The number of H-pyrrole nitrogens is 1. The van der Waals surface area contributed by atoms with Crippen LogP contribution in [0.3, 0.4) is 0 Å². The van der Waals surface area contributed by atoms with Gasteiger partial charge in [-0.25, -0.2) is 9.97 Å². The van der Waals surface area contributed by atoms with Gasteiger partial charge in [0.05, 0.1) is 18.0 Å². The SMILES string of the molecule is O=C(Nc1cncnc1N1CCCC1)c1cn[nH]c1. The van der Waals surface area contributed by atoms with Crippen LogP contribution in [0.4, 0.5) is 11.5 Å². The second-order valence-electron chi connectivity index (χ2n) is 4.40. The second kappa shape index (κ2) is 5.05. The van der Waals surface area contributed by atoms with E-state index in [2.05, 4.69) is 30.4 Å². The van der Waals surface area contributed by atoms with Crippen molar-refractivity contribution in [3.05, 3.63) is 30.5 Å². The lowest BCUT2D eigenvalue weighted by Gasteiger charge is -2.19. The summed E-state index contributed by atoms with van der Waals surface area (Å²) in [5.41, 5.74) is 1.12. The van der Waals surface area contributed by atoms with Crippen molar-refractivity contribution in [1.82, 2.24) is 20.2 Å². The Balaban J connectivity index is 1.82. The highest BCUT2D eigenvalue weighted by molar-refractivity contribution is 6.05. The Kier molecular flexibility index (Phi) is 3.09. The number of nitrogens with one attached hydrogen (secondary N) is 2. The van der Waals surface area contributed by atoms with Crippen molar-refractivity contribution in [3.8, 4) is 0 Å². The van der Waals surface area contributed by atoms with E-state index in [-0.39, 0.29) is 5.91 Å². The van der Waals surface area contributed by atoms with E-state index in [1.54, 1.807) is 12.4 Å².